The smallest absolute Gasteiger partial charge is 0.143 e. The van der Waals surface area contributed by atoms with Gasteiger partial charge in [0, 0.05) is 25.7 Å². The van der Waals surface area contributed by atoms with Crippen molar-refractivity contribution < 1.29 is 24.2 Å². The normalized spacial score (nSPS) is 19.9. The van der Waals surface area contributed by atoms with Gasteiger partial charge in [-0.2, -0.15) is 0 Å². The van der Waals surface area contributed by atoms with Crippen LogP contribution in [0.2, 0.25) is 0 Å². The van der Waals surface area contributed by atoms with Gasteiger partial charge in [-0.25, -0.2) is 0 Å². The lowest BCUT2D eigenvalue weighted by molar-refractivity contribution is -0.130. The zero-order valence-corrected chi connectivity index (χ0v) is 18.0. The zero-order valence-electron chi connectivity index (χ0n) is 18.0. The molecule has 164 valence electrons. The van der Waals surface area contributed by atoms with Crippen LogP contribution >= 0.6 is 0 Å². The maximum atomic E-state index is 12.3. The molecule has 1 atom stereocenters. The van der Waals surface area contributed by atoms with Gasteiger partial charge in [-0.3, -0.25) is 14.4 Å². The van der Waals surface area contributed by atoms with E-state index in [4.69, 9.17) is 4.74 Å². The molecular weight excluding hydrogens is 380 g/mol. The third-order valence-electron chi connectivity index (χ3n) is 6.41. The molecule has 0 aromatic heterocycles. The number of hydrogen-bond donors (Lipinski definition) is 1. The van der Waals surface area contributed by atoms with Crippen LogP contribution in [-0.4, -0.2) is 34.2 Å². The highest BCUT2D eigenvalue weighted by molar-refractivity contribution is 6.08. The first-order valence-corrected chi connectivity index (χ1v) is 11.4. The monoisotopic (exact) mass is 414 g/mol. The quantitative estimate of drug-likeness (QED) is 0.544. The van der Waals surface area contributed by atoms with Gasteiger partial charge in [-0.15, -0.1) is 0 Å². The van der Waals surface area contributed by atoms with Gasteiger partial charge in [-0.05, 0) is 76.0 Å². The number of carbonyl (C=O) groups is 3. The van der Waals surface area contributed by atoms with Crippen LogP contribution in [-0.2, 0) is 20.8 Å². The highest BCUT2D eigenvalue weighted by atomic mass is 16.5. The Morgan fingerprint density at radius 3 is 2.53 bits per heavy atom. The minimum absolute atomic E-state index is 0.0780. The van der Waals surface area contributed by atoms with Crippen molar-refractivity contribution in [3.8, 4) is 5.75 Å². The van der Waals surface area contributed by atoms with E-state index in [0.29, 0.717) is 12.5 Å². The number of aliphatic hydroxyl groups is 1. The largest absolute Gasteiger partial charge is 0.490 e. The number of rotatable bonds is 11. The summed E-state index contributed by atoms with van der Waals surface area (Å²) in [4.78, 5) is 35.9. The molecule has 2 aliphatic rings. The number of aryl methyl sites for hydroxylation is 1. The van der Waals surface area contributed by atoms with Gasteiger partial charge >= 0.3 is 0 Å². The SMILES string of the molecule is CC(O)(CCC(=O)CCCc1cccc(OC2CCCC2)c1)CC1C(=O)CCC1=O. The Balaban J connectivity index is 1.37. The summed E-state index contributed by atoms with van der Waals surface area (Å²) in [5, 5.41) is 10.5. The van der Waals surface area contributed by atoms with Crippen molar-refractivity contribution in [1.82, 2.24) is 0 Å². The molecule has 1 N–H and O–H groups in total. The predicted molar refractivity (Wildman–Crippen MR) is 114 cm³/mol. The first-order chi connectivity index (χ1) is 14.3. The van der Waals surface area contributed by atoms with Gasteiger partial charge in [0.1, 0.15) is 23.1 Å². The van der Waals surface area contributed by atoms with Crippen LogP contribution in [0.25, 0.3) is 0 Å². The molecule has 2 aliphatic carbocycles. The molecule has 2 saturated carbocycles. The molecule has 0 spiro atoms. The van der Waals surface area contributed by atoms with Gasteiger partial charge in [0.05, 0.1) is 17.6 Å². The molecule has 5 nitrogen and oxygen atoms in total. The molecule has 1 unspecified atom stereocenters. The standard InChI is InChI=1S/C25H34O5/c1-25(29,17-22-23(27)12-13-24(22)28)15-14-19(26)8-4-6-18-7-5-11-21(16-18)30-20-9-2-3-10-20/h5,7,11,16,20,22,29H,2-4,6,8-10,12-15,17H2,1H3. The number of ether oxygens (including phenoxy) is 1. The fraction of sp³-hybridized carbons (Fsp3) is 0.640. The van der Waals surface area contributed by atoms with E-state index >= 15 is 0 Å². The summed E-state index contributed by atoms with van der Waals surface area (Å²) in [6.45, 7) is 1.62. The number of carbonyl (C=O) groups excluding carboxylic acids is 3. The number of benzene rings is 1. The van der Waals surface area contributed by atoms with Crippen LogP contribution in [0.3, 0.4) is 0 Å². The lowest BCUT2D eigenvalue weighted by Crippen LogP contribution is -2.32. The molecule has 0 radical (unpaired) electrons. The molecule has 0 bridgehead atoms. The molecule has 0 heterocycles. The molecule has 3 rings (SSSR count). The van der Waals surface area contributed by atoms with Crippen LogP contribution in [0.1, 0.15) is 83.1 Å². The molecule has 30 heavy (non-hydrogen) atoms. The predicted octanol–water partition coefficient (Wildman–Crippen LogP) is 4.37. The van der Waals surface area contributed by atoms with Gasteiger partial charge in [0.2, 0.25) is 0 Å². The van der Waals surface area contributed by atoms with Crippen molar-refractivity contribution in [3.63, 3.8) is 0 Å². The molecular formula is C25H34O5. The van der Waals surface area contributed by atoms with E-state index < -0.39 is 11.5 Å². The lowest BCUT2D eigenvalue weighted by atomic mass is 9.85. The van der Waals surface area contributed by atoms with Gasteiger partial charge in [-0.1, -0.05) is 12.1 Å². The third kappa shape index (κ3) is 6.76. The molecule has 1 aromatic rings. The van der Waals surface area contributed by atoms with E-state index in [1.165, 1.54) is 18.4 Å². The Morgan fingerprint density at radius 2 is 1.83 bits per heavy atom. The van der Waals surface area contributed by atoms with E-state index in [9.17, 15) is 19.5 Å². The van der Waals surface area contributed by atoms with Crippen molar-refractivity contribution in [2.45, 2.75) is 95.7 Å². The fourth-order valence-electron chi connectivity index (χ4n) is 4.54. The van der Waals surface area contributed by atoms with E-state index in [1.54, 1.807) is 6.92 Å². The Bertz CT molecular complexity index is 745. The Kier molecular flexibility index (Phi) is 7.81. The summed E-state index contributed by atoms with van der Waals surface area (Å²) in [7, 11) is 0. The lowest BCUT2D eigenvalue weighted by Gasteiger charge is -2.25. The second-order valence-corrected chi connectivity index (χ2v) is 9.25. The molecule has 0 aliphatic heterocycles. The Morgan fingerprint density at radius 1 is 1.13 bits per heavy atom. The number of Topliss-reactive ketones (excluding diaryl/α,β-unsaturated/α-hetero) is 3. The molecule has 5 heteroatoms. The van der Waals surface area contributed by atoms with Crippen molar-refractivity contribution >= 4 is 17.3 Å². The van der Waals surface area contributed by atoms with Crippen LogP contribution in [0, 0.1) is 5.92 Å². The van der Waals surface area contributed by atoms with Crippen LogP contribution in [0.5, 0.6) is 5.75 Å². The molecule has 0 saturated heterocycles. The van der Waals surface area contributed by atoms with Crippen molar-refractivity contribution in [1.29, 1.82) is 0 Å². The van der Waals surface area contributed by atoms with Crippen molar-refractivity contribution in [2.75, 3.05) is 0 Å². The van der Waals surface area contributed by atoms with E-state index in [-0.39, 0.29) is 49.5 Å². The van der Waals surface area contributed by atoms with Crippen LogP contribution in [0.15, 0.2) is 24.3 Å². The topological polar surface area (TPSA) is 80.7 Å². The Hall–Kier alpha value is -2.01. The number of hydrogen-bond acceptors (Lipinski definition) is 5. The van der Waals surface area contributed by atoms with Crippen LogP contribution < -0.4 is 4.74 Å². The second kappa shape index (κ2) is 10.3. The molecule has 2 fully saturated rings. The zero-order chi connectivity index (χ0) is 21.6. The highest BCUT2D eigenvalue weighted by Gasteiger charge is 2.38. The summed E-state index contributed by atoms with van der Waals surface area (Å²) < 4.78 is 6.05. The van der Waals surface area contributed by atoms with Gasteiger partial charge in [0.25, 0.3) is 0 Å². The minimum atomic E-state index is -1.16. The average molecular weight is 415 g/mol. The maximum Gasteiger partial charge on any atom is 0.143 e. The van der Waals surface area contributed by atoms with Crippen molar-refractivity contribution in [3.05, 3.63) is 29.8 Å². The van der Waals surface area contributed by atoms with E-state index in [1.807, 2.05) is 12.1 Å². The van der Waals surface area contributed by atoms with E-state index in [2.05, 4.69) is 12.1 Å². The molecule has 1 aromatic carbocycles. The minimum Gasteiger partial charge on any atom is -0.490 e. The first-order valence-electron chi connectivity index (χ1n) is 11.4. The summed E-state index contributed by atoms with van der Waals surface area (Å²) in [5.74, 6) is 0.181. The van der Waals surface area contributed by atoms with Crippen LogP contribution in [0.4, 0.5) is 0 Å². The van der Waals surface area contributed by atoms with Gasteiger partial charge in [0.15, 0.2) is 0 Å². The Labute approximate surface area is 179 Å². The molecule has 0 amide bonds. The summed E-state index contributed by atoms with van der Waals surface area (Å²) in [6.07, 6.45) is 8.37. The maximum absolute atomic E-state index is 12.3. The average Bonchev–Trinajstić information content (AvgIpc) is 3.32. The summed E-state index contributed by atoms with van der Waals surface area (Å²) in [5.41, 5.74) is 0.00517. The highest BCUT2D eigenvalue weighted by Crippen LogP contribution is 2.29. The van der Waals surface area contributed by atoms with Gasteiger partial charge < -0.3 is 9.84 Å². The first kappa shape index (κ1) is 22.7. The summed E-state index contributed by atoms with van der Waals surface area (Å²) >= 11 is 0. The fourth-order valence-corrected chi connectivity index (χ4v) is 4.54. The second-order valence-electron chi connectivity index (χ2n) is 9.25. The third-order valence-corrected chi connectivity index (χ3v) is 6.41. The summed E-state index contributed by atoms with van der Waals surface area (Å²) in [6, 6.07) is 8.13. The van der Waals surface area contributed by atoms with E-state index in [0.717, 1.165) is 31.4 Å². The number of ketones is 3. The van der Waals surface area contributed by atoms with Crippen molar-refractivity contribution in [2.24, 2.45) is 5.92 Å².